The number of hydrogen-bond donors (Lipinski definition) is 6. The minimum atomic E-state index is -4.76. The molecular formula is C55H41Cl5F6N8O8. The molecule has 82 heavy (non-hydrogen) atoms. The van der Waals surface area contributed by atoms with Crippen LogP contribution >= 0.6 is 58.0 Å². The number of ether oxygens (including phenoxy) is 2. The molecule has 0 fully saturated rings. The summed E-state index contributed by atoms with van der Waals surface area (Å²) < 4.78 is 93.5. The van der Waals surface area contributed by atoms with Gasteiger partial charge in [0.1, 0.15) is 35.2 Å². The maximum Gasteiger partial charge on any atom is 0.416 e. The lowest BCUT2D eigenvalue weighted by atomic mass is 10.1. The molecule has 0 aliphatic rings. The number of aliphatic hydroxyl groups is 1. The van der Waals surface area contributed by atoms with Crippen molar-refractivity contribution in [3.8, 4) is 23.0 Å². The zero-order valence-electron chi connectivity index (χ0n) is 42.4. The van der Waals surface area contributed by atoms with E-state index in [1.54, 1.807) is 37.3 Å². The molecule has 0 radical (unpaired) electrons. The summed E-state index contributed by atoms with van der Waals surface area (Å²) in [5.74, 6) is -2.89. The van der Waals surface area contributed by atoms with Crippen molar-refractivity contribution >= 4 is 110 Å². The van der Waals surface area contributed by atoms with Crippen molar-refractivity contribution in [3.05, 3.63) is 203 Å². The summed E-state index contributed by atoms with van der Waals surface area (Å²) in [6.45, 7) is 3.63. The molecule has 0 saturated carbocycles. The fourth-order valence-electron chi connectivity index (χ4n) is 6.91. The number of alkyl halides is 6. The zero-order chi connectivity index (χ0) is 59.5. The van der Waals surface area contributed by atoms with Crippen LogP contribution in [0.5, 0.6) is 23.0 Å². The average molecular weight is 1230 g/mol. The number of aliphatic hydroxyl groups excluding tert-OH is 1. The molecule has 7 rings (SSSR count). The van der Waals surface area contributed by atoms with E-state index in [0.29, 0.717) is 38.6 Å². The van der Waals surface area contributed by atoms with E-state index >= 15 is 0 Å². The van der Waals surface area contributed by atoms with Crippen molar-refractivity contribution in [1.29, 1.82) is 0 Å². The van der Waals surface area contributed by atoms with E-state index in [1.165, 1.54) is 67.6 Å². The first-order valence-electron chi connectivity index (χ1n) is 23.5. The number of hydroxylamine groups is 1. The molecule has 0 atom stereocenters. The number of Topliss-reactive ketones (excluding diaryl/α,β-unsaturated/α-hetero) is 1. The number of benzene rings is 7. The number of nitrogens with zero attached hydrogens (tertiary/aromatic N) is 3. The molecule has 0 unspecified atom stereocenters. The number of allylic oxidation sites excluding steroid dienone is 1. The molecule has 0 aliphatic carbocycles. The van der Waals surface area contributed by atoms with E-state index in [4.69, 9.17) is 77.2 Å². The Bertz CT molecular complexity index is 3620. The number of rotatable bonds is 20. The van der Waals surface area contributed by atoms with E-state index in [-0.39, 0.29) is 85.4 Å². The number of ketones is 1. The number of halogens is 11. The second-order valence-electron chi connectivity index (χ2n) is 17.2. The lowest BCUT2D eigenvalue weighted by molar-refractivity contribution is -0.138. The monoisotopic (exact) mass is 1230 g/mol. The van der Waals surface area contributed by atoms with Crippen molar-refractivity contribution < 1.29 is 65.0 Å². The van der Waals surface area contributed by atoms with E-state index in [0.717, 1.165) is 43.3 Å². The lowest BCUT2D eigenvalue weighted by Crippen LogP contribution is -2.30. The minimum Gasteiger partial charge on any atom is -0.510 e. The SMILES string of the molecule is CC(=O)/C(=N\Nc1cc(CONc2cc(C(F)(F)F)ccc2Oc2ccc(Cl)cc2)ccc1Cl)NOCc1cc(Cl)c(NC(=O)/C(N=Nc2cc(C(=O)Nc3cc(C(F)(F)F)ccc3Oc3ccc(Cl)cc3)ccc2Cl)=C(\C)O)cc1C. The summed E-state index contributed by atoms with van der Waals surface area (Å²) in [4.78, 5) is 50.7. The molecule has 0 spiro atoms. The Hall–Kier alpha value is -8.09. The molecule has 0 saturated heterocycles. The highest BCUT2D eigenvalue weighted by atomic mass is 35.5. The summed E-state index contributed by atoms with van der Waals surface area (Å²) in [6, 6.07) is 28.7. The topological polar surface area (TPSA) is 206 Å². The molecule has 426 valence electrons. The molecule has 0 aliphatic heterocycles. The molecule has 2 amide bonds. The molecule has 27 heteroatoms. The van der Waals surface area contributed by atoms with Gasteiger partial charge in [-0.25, -0.2) is 5.48 Å². The van der Waals surface area contributed by atoms with Crippen LogP contribution in [0.3, 0.4) is 0 Å². The first-order valence-corrected chi connectivity index (χ1v) is 25.4. The normalized spacial score (nSPS) is 12.1. The summed E-state index contributed by atoms with van der Waals surface area (Å²) >= 11 is 31.2. The van der Waals surface area contributed by atoms with Gasteiger partial charge in [-0.2, -0.15) is 31.4 Å². The predicted molar refractivity (Wildman–Crippen MR) is 300 cm³/mol. The van der Waals surface area contributed by atoms with Gasteiger partial charge in [-0.3, -0.25) is 35.0 Å². The predicted octanol–water partition coefficient (Wildman–Crippen LogP) is 17.2. The Morgan fingerprint density at radius 2 is 1.18 bits per heavy atom. The fourth-order valence-corrected chi connectivity index (χ4v) is 7.71. The number of anilines is 4. The van der Waals surface area contributed by atoms with Crippen molar-refractivity contribution in [3.63, 3.8) is 0 Å². The van der Waals surface area contributed by atoms with Gasteiger partial charge in [0, 0.05) is 22.5 Å². The van der Waals surface area contributed by atoms with Gasteiger partial charge < -0.3 is 25.2 Å². The van der Waals surface area contributed by atoms with Crippen molar-refractivity contribution in [2.75, 3.05) is 21.5 Å². The smallest absolute Gasteiger partial charge is 0.416 e. The van der Waals surface area contributed by atoms with Crippen LogP contribution in [0.1, 0.15) is 52.0 Å². The van der Waals surface area contributed by atoms with Crippen LogP contribution in [0.15, 0.2) is 160 Å². The van der Waals surface area contributed by atoms with E-state index in [1.807, 2.05) is 0 Å². The number of azo groups is 1. The molecule has 16 nitrogen and oxygen atoms in total. The Morgan fingerprint density at radius 1 is 0.598 bits per heavy atom. The van der Waals surface area contributed by atoms with Gasteiger partial charge in [0.25, 0.3) is 11.8 Å². The van der Waals surface area contributed by atoms with Gasteiger partial charge >= 0.3 is 12.4 Å². The van der Waals surface area contributed by atoms with E-state index in [9.17, 15) is 45.8 Å². The zero-order valence-corrected chi connectivity index (χ0v) is 46.2. The van der Waals surface area contributed by atoms with Crippen LogP contribution in [-0.2, 0) is 44.8 Å². The highest BCUT2D eigenvalue weighted by Crippen LogP contribution is 2.40. The Labute approximate surface area is 487 Å². The Balaban J connectivity index is 0.957. The van der Waals surface area contributed by atoms with Crippen molar-refractivity contribution in [2.45, 2.75) is 46.3 Å². The third-order valence-electron chi connectivity index (χ3n) is 11.1. The van der Waals surface area contributed by atoms with E-state index < -0.39 is 52.5 Å². The summed E-state index contributed by atoms with van der Waals surface area (Å²) in [6.07, 6.45) is -9.42. The van der Waals surface area contributed by atoms with Gasteiger partial charge in [-0.15, -0.1) is 10.2 Å². The summed E-state index contributed by atoms with van der Waals surface area (Å²) in [7, 11) is 0. The Morgan fingerprint density at radius 3 is 1.77 bits per heavy atom. The van der Waals surface area contributed by atoms with Crippen LogP contribution < -0.4 is 36.5 Å². The van der Waals surface area contributed by atoms with Gasteiger partial charge in [-0.05, 0) is 158 Å². The highest BCUT2D eigenvalue weighted by molar-refractivity contribution is 6.38. The molecule has 0 bridgehead atoms. The van der Waals surface area contributed by atoms with Crippen LogP contribution in [-0.4, -0.2) is 28.5 Å². The van der Waals surface area contributed by atoms with Gasteiger partial charge in [0.2, 0.25) is 5.84 Å². The molecular weight excluding hydrogens is 1190 g/mol. The first kappa shape index (κ1) is 61.5. The van der Waals surface area contributed by atoms with Crippen LogP contribution in [0, 0.1) is 6.92 Å². The molecule has 0 aromatic heterocycles. The third kappa shape index (κ3) is 17.0. The maximum absolute atomic E-state index is 13.7. The summed E-state index contributed by atoms with van der Waals surface area (Å²) in [5.41, 5.74) is 6.04. The molecule has 6 N–H and O–H groups in total. The second-order valence-corrected chi connectivity index (χ2v) is 19.3. The van der Waals surface area contributed by atoms with E-state index in [2.05, 4.69) is 42.3 Å². The standard InChI is InChI=1S/C55H41Cl5F6N8O8/c1-28-20-43(67-53(78)50(29(2)75)71-69-45-23-32(5-17-41(45)59)52(77)68-46-24-34(54(61,62)63)6-18-48(46)81-38-12-8-36(56)9-13-38)42(60)22-33(28)27-80-74-51(30(3)76)72-70-44-21-31(4-16-40(44)58)26-79-73-47-25-35(55(64,65)66)7-19-49(47)82-39-14-10-37(57)11-15-39/h4-25,70,73,75H,26-27H2,1-3H3,(H,67,78)(H,68,77)(H,72,74)/b50-29-,71-69?. The number of nitrogens with one attached hydrogen (secondary N) is 5. The number of hydrogen-bond acceptors (Lipinski definition) is 13. The summed E-state index contributed by atoms with van der Waals surface area (Å²) in [5, 5.41) is 28.3. The maximum atomic E-state index is 13.7. The number of hydrazone groups is 1. The quantitative estimate of drug-likeness (QED) is 0.00805. The number of carbonyl (C=O) groups excluding carboxylic acids is 3. The lowest BCUT2D eigenvalue weighted by Gasteiger charge is -2.16. The first-order chi connectivity index (χ1) is 38.8. The van der Waals surface area contributed by atoms with Crippen LogP contribution in [0.2, 0.25) is 25.1 Å². The molecule has 7 aromatic carbocycles. The third-order valence-corrected chi connectivity index (χ3v) is 12.6. The minimum absolute atomic E-state index is 0.00560. The van der Waals surface area contributed by atoms with Crippen LogP contribution in [0.25, 0.3) is 0 Å². The number of aryl methyl sites for hydroxylation is 1. The Kier molecular flexibility index (Phi) is 20.3. The number of carbonyl (C=O) groups is 3. The highest BCUT2D eigenvalue weighted by Gasteiger charge is 2.33. The van der Waals surface area contributed by atoms with Crippen LogP contribution in [0.4, 0.5) is 54.8 Å². The molecule has 0 heterocycles. The van der Waals surface area contributed by atoms with Crippen molar-refractivity contribution in [1.82, 2.24) is 5.48 Å². The van der Waals surface area contributed by atoms with Gasteiger partial charge in [0.15, 0.2) is 23.0 Å². The average Bonchev–Trinajstić information content (AvgIpc) is 3.45. The van der Waals surface area contributed by atoms with Gasteiger partial charge in [0.05, 0.1) is 49.9 Å². The molecule has 7 aromatic rings. The van der Waals surface area contributed by atoms with Gasteiger partial charge in [-0.1, -0.05) is 64.1 Å². The number of amides is 2. The largest absolute Gasteiger partial charge is 0.510 e. The second kappa shape index (κ2) is 27.1. The fraction of sp³-hybridized carbons (Fsp3) is 0.127. The number of amidine groups is 1. The van der Waals surface area contributed by atoms with Crippen molar-refractivity contribution in [2.24, 2.45) is 15.3 Å².